The summed E-state index contributed by atoms with van der Waals surface area (Å²) in [4.78, 5) is 21.1. The van der Waals surface area contributed by atoms with Gasteiger partial charge >= 0.3 is 5.97 Å². The Balaban J connectivity index is 3.04. The first-order chi connectivity index (χ1) is 7.58. The van der Waals surface area contributed by atoms with E-state index in [1.807, 2.05) is 0 Å². The number of aldehydes is 1. The molecule has 0 aliphatic rings. The lowest BCUT2D eigenvalue weighted by molar-refractivity contribution is -0.139. The maximum Gasteiger partial charge on any atom is 0.341 e. The molecular weight excluding hydrogens is 280 g/mol. The molecule has 0 unspecified atom stereocenters. The van der Waals surface area contributed by atoms with E-state index in [0.29, 0.717) is 16.5 Å². The number of carboxylic acids is 1. The number of halogens is 1. The second-order valence-corrected chi connectivity index (χ2v) is 3.68. The fourth-order valence-corrected chi connectivity index (χ4v) is 1.59. The Morgan fingerprint density at radius 2 is 2.19 bits per heavy atom. The molecule has 0 saturated heterocycles. The smallest absolute Gasteiger partial charge is 0.341 e. The Labute approximate surface area is 100 Å². The molecule has 86 valence electrons. The van der Waals surface area contributed by atoms with Gasteiger partial charge in [0.1, 0.15) is 11.5 Å². The van der Waals surface area contributed by atoms with Crippen LogP contribution < -0.4 is 9.47 Å². The molecule has 1 rings (SSSR count). The number of carbonyl (C=O) groups is 2. The number of methoxy groups -OCH3 is 1. The number of ether oxygens (including phenoxy) is 2. The van der Waals surface area contributed by atoms with E-state index in [9.17, 15) is 9.59 Å². The summed E-state index contributed by atoms with van der Waals surface area (Å²) in [6, 6.07) is 2.96. The highest BCUT2D eigenvalue weighted by molar-refractivity contribution is 9.10. The molecule has 0 bridgehead atoms. The molecule has 16 heavy (non-hydrogen) atoms. The summed E-state index contributed by atoms with van der Waals surface area (Å²) in [5.74, 6) is -0.470. The average Bonchev–Trinajstić information content (AvgIpc) is 2.26. The largest absolute Gasteiger partial charge is 0.495 e. The van der Waals surface area contributed by atoms with E-state index in [-0.39, 0.29) is 11.3 Å². The first kappa shape index (κ1) is 12.5. The molecular formula is C10H9BrO5. The van der Waals surface area contributed by atoms with Crippen LogP contribution in [0.5, 0.6) is 11.5 Å². The van der Waals surface area contributed by atoms with Gasteiger partial charge in [0.25, 0.3) is 0 Å². The van der Waals surface area contributed by atoms with Gasteiger partial charge in [0.15, 0.2) is 12.9 Å². The van der Waals surface area contributed by atoms with Crippen LogP contribution in [0.3, 0.4) is 0 Å². The summed E-state index contributed by atoms with van der Waals surface area (Å²) in [6.45, 7) is -0.508. The van der Waals surface area contributed by atoms with Gasteiger partial charge in [0, 0.05) is 6.07 Å². The standard InChI is InChI=1S/C10H9BrO5/c1-15-9-3-8(16-5-10(13)14)6(4-12)2-7(9)11/h2-4H,5H2,1H3,(H,13,14). The minimum atomic E-state index is -1.11. The number of carboxylic acid groups (broad SMARTS) is 1. The molecule has 1 N–H and O–H groups in total. The molecule has 0 spiro atoms. The van der Waals surface area contributed by atoms with Gasteiger partial charge in [-0.05, 0) is 22.0 Å². The highest BCUT2D eigenvalue weighted by Crippen LogP contribution is 2.32. The maximum absolute atomic E-state index is 10.7. The topological polar surface area (TPSA) is 72.8 Å². The number of benzene rings is 1. The van der Waals surface area contributed by atoms with Crippen molar-refractivity contribution >= 4 is 28.2 Å². The fraction of sp³-hybridized carbons (Fsp3) is 0.200. The lowest BCUT2D eigenvalue weighted by Crippen LogP contribution is -2.10. The second kappa shape index (κ2) is 5.50. The first-order valence-corrected chi connectivity index (χ1v) is 5.05. The fourth-order valence-electron chi connectivity index (χ4n) is 1.06. The number of hydrogen-bond acceptors (Lipinski definition) is 4. The van der Waals surface area contributed by atoms with Gasteiger partial charge < -0.3 is 14.6 Å². The third-order valence-electron chi connectivity index (χ3n) is 1.76. The zero-order valence-corrected chi connectivity index (χ0v) is 9.98. The summed E-state index contributed by atoms with van der Waals surface area (Å²) in [7, 11) is 1.46. The van der Waals surface area contributed by atoms with E-state index in [1.165, 1.54) is 19.2 Å². The molecule has 0 aliphatic carbocycles. The van der Waals surface area contributed by atoms with Gasteiger partial charge in [-0.1, -0.05) is 0 Å². The van der Waals surface area contributed by atoms with Gasteiger partial charge in [-0.2, -0.15) is 0 Å². The Hall–Kier alpha value is -1.56. The molecule has 0 saturated carbocycles. The monoisotopic (exact) mass is 288 g/mol. The van der Waals surface area contributed by atoms with E-state index in [0.717, 1.165) is 0 Å². The number of hydrogen-bond donors (Lipinski definition) is 1. The highest BCUT2D eigenvalue weighted by Gasteiger charge is 2.10. The summed E-state index contributed by atoms with van der Waals surface area (Å²) >= 11 is 3.21. The minimum absolute atomic E-state index is 0.178. The van der Waals surface area contributed by atoms with Crippen molar-refractivity contribution in [3.05, 3.63) is 22.2 Å². The SMILES string of the molecule is COc1cc(OCC(=O)O)c(C=O)cc1Br. The Morgan fingerprint density at radius 1 is 1.50 bits per heavy atom. The summed E-state index contributed by atoms with van der Waals surface area (Å²) in [5.41, 5.74) is 0.258. The molecule has 1 aromatic carbocycles. The predicted molar refractivity (Wildman–Crippen MR) is 59.2 cm³/mol. The van der Waals surface area contributed by atoms with E-state index >= 15 is 0 Å². The van der Waals surface area contributed by atoms with Crippen molar-refractivity contribution in [3.63, 3.8) is 0 Å². The second-order valence-electron chi connectivity index (χ2n) is 2.82. The summed E-state index contributed by atoms with van der Waals surface area (Å²) < 4.78 is 10.6. The summed E-state index contributed by atoms with van der Waals surface area (Å²) in [6.07, 6.45) is 0.585. The minimum Gasteiger partial charge on any atom is -0.495 e. The van der Waals surface area contributed by atoms with Crippen molar-refractivity contribution in [3.8, 4) is 11.5 Å². The van der Waals surface area contributed by atoms with Crippen LogP contribution in [0, 0.1) is 0 Å². The molecule has 0 radical (unpaired) electrons. The molecule has 5 nitrogen and oxygen atoms in total. The van der Waals surface area contributed by atoms with Crippen molar-refractivity contribution < 1.29 is 24.2 Å². The van der Waals surface area contributed by atoms with Gasteiger partial charge in [0.2, 0.25) is 0 Å². The van der Waals surface area contributed by atoms with E-state index in [2.05, 4.69) is 15.9 Å². The summed E-state index contributed by atoms with van der Waals surface area (Å²) in [5, 5.41) is 8.47. The van der Waals surface area contributed by atoms with Crippen LogP contribution in [0.2, 0.25) is 0 Å². The third-order valence-corrected chi connectivity index (χ3v) is 2.38. The van der Waals surface area contributed by atoms with Crippen molar-refractivity contribution in [2.24, 2.45) is 0 Å². The maximum atomic E-state index is 10.7. The van der Waals surface area contributed by atoms with Crippen molar-refractivity contribution in [2.45, 2.75) is 0 Å². The molecule has 6 heteroatoms. The molecule has 0 aliphatic heterocycles. The van der Waals surface area contributed by atoms with E-state index in [1.54, 1.807) is 0 Å². The van der Waals surface area contributed by atoms with Crippen LogP contribution >= 0.6 is 15.9 Å². The number of carbonyl (C=O) groups excluding carboxylic acids is 1. The molecule has 0 fully saturated rings. The van der Waals surface area contributed by atoms with E-state index < -0.39 is 12.6 Å². The van der Waals surface area contributed by atoms with Crippen LogP contribution in [0.15, 0.2) is 16.6 Å². The first-order valence-electron chi connectivity index (χ1n) is 4.25. The van der Waals surface area contributed by atoms with Gasteiger partial charge in [-0.3, -0.25) is 4.79 Å². The molecule has 0 atom stereocenters. The zero-order valence-electron chi connectivity index (χ0n) is 8.40. The predicted octanol–water partition coefficient (Wildman–Crippen LogP) is 1.73. The Morgan fingerprint density at radius 3 is 2.69 bits per heavy atom. The van der Waals surface area contributed by atoms with Crippen LogP contribution in [-0.2, 0) is 4.79 Å². The van der Waals surface area contributed by atoms with Crippen molar-refractivity contribution in [2.75, 3.05) is 13.7 Å². The van der Waals surface area contributed by atoms with E-state index in [4.69, 9.17) is 14.6 Å². The van der Waals surface area contributed by atoms with Gasteiger partial charge in [-0.15, -0.1) is 0 Å². The Kier molecular flexibility index (Phi) is 4.30. The Bertz CT molecular complexity index is 416. The van der Waals surface area contributed by atoms with Gasteiger partial charge in [0.05, 0.1) is 17.1 Å². The van der Waals surface area contributed by atoms with Crippen molar-refractivity contribution in [1.29, 1.82) is 0 Å². The molecule has 0 amide bonds. The zero-order chi connectivity index (χ0) is 12.1. The number of aliphatic carboxylic acids is 1. The molecule has 0 heterocycles. The van der Waals surface area contributed by atoms with Crippen molar-refractivity contribution in [1.82, 2.24) is 0 Å². The third kappa shape index (κ3) is 2.96. The normalized spacial score (nSPS) is 9.62. The highest BCUT2D eigenvalue weighted by atomic mass is 79.9. The van der Waals surface area contributed by atoms with Gasteiger partial charge in [-0.25, -0.2) is 4.79 Å². The lowest BCUT2D eigenvalue weighted by Gasteiger charge is -2.09. The molecule has 0 aromatic heterocycles. The van der Waals surface area contributed by atoms with Crippen LogP contribution in [0.4, 0.5) is 0 Å². The number of rotatable bonds is 5. The quantitative estimate of drug-likeness (QED) is 0.836. The lowest BCUT2D eigenvalue weighted by atomic mass is 10.2. The van der Waals surface area contributed by atoms with Crippen LogP contribution in [0.1, 0.15) is 10.4 Å². The van der Waals surface area contributed by atoms with Crippen LogP contribution in [0.25, 0.3) is 0 Å². The molecule has 1 aromatic rings. The van der Waals surface area contributed by atoms with Crippen LogP contribution in [-0.4, -0.2) is 31.1 Å². The average molecular weight is 289 g/mol.